The lowest BCUT2D eigenvalue weighted by Gasteiger charge is -2.46. The minimum atomic E-state index is -0.541. The molecule has 0 radical (unpaired) electrons. The molecule has 0 bridgehead atoms. The van der Waals surface area contributed by atoms with Gasteiger partial charge in [0.15, 0.2) is 0 Å². The number of nitrogens with two attached hydrogens (primary N) is 1. The number of anilines is 3. The van der Waals surface area contributed by atoms with Crippen LogP contribution in [0.1, 0.15) is 45.0 Å². The van der Waals surface area contributed by atoms with Crippen LogP contribution < -0.4 is 16.0 Å². The van der Waals surface area contributed by atoms with Crippen molar-refractivity contribution in [1.82, 2.24) is 5.32 Å². The van der Waals surface area contributed by atoms with Crippen LogP contribution in [0.2, 0.25) is 0 Å². The second-order valence-corrected chi connectivity index (χ2v) is 14.1. The zero-order valence-electron chi connectivity index (χ0n) is 29.7. The molecule has 1 aliphatic carbocycles. The Morgan fingerprint density at radius 2 is 1.19 bits per heavy atom. The highest BCUT2D eigenvalue weighted by molar-refractivity contribution is 6.00. The first-order valence-corrected chi connectivity index (χ1v) is 18.6. The van der Waals surface area contributed by atoms with Crippen molar-refractivity contribution >= 4 is 28.5 Å². The van der Waals surface area contributed by atoms with E-state index in [1.54, 1.807) is 0 Å². The summed E-state index contributed by atoms with van der Waals surface area (Å²) in [6.45, 7) is 0.780. The third-order valence-corrected chi connectivity index (χ3v) is 11.1. The molecule has 1 spiro atoms. The lowest BCUT2D eigenvalue weighted by molar-refractivity contribution is 0.659. The van der Waals surface area contributed by atoms with E-state index < -0.39 is 5.41 Å². The maximum absolute atomic E-state index is 6.89. The maximum Gasteiger partial charge on any atom is 0.126 e. The number of nitrogens with zero attached hydrogens (tertiary/aromatic N) is 2. The predicted octanol–water partition coefficient (Wildman–Crippen LogP) is 10.9. The molecular weight excluding hydrogens is 657 g/mol. The van der Waals surface area contributed by atoms with Gasteiger partial charge in [-0.3, -0.25) is 4.99 Å². The molecule has 10 rings (SSSR count). The summed E-state index contributed by atoms with van der Waals surface area (Å²) in [4.78, 5) is 7.56. The number of nitrogens with one attached hydrogen (secondary N) is 1. The van der Waals surface area contributed by atoms with Gasteiger partial charge in [-0.05, 0) is 80.9 Å². The van der Waals surface area contributed by atoms with Gasteiger partial charge in [-0.15, -0.1) is 0 Å². The smallest absolute Gasteiger partial charge is 0.126 e. The fourth-order valence-electron chi connectivity index (χ4n) is 8.82. The number of allylic oxidation sites excluding steroid dienone is 3. The average Bonchev–Trinajstić information content (AvgIpc) is 3.54. The van der Waals surface area contributed by atoms with Crippen molar-refractivity contribution < 1.29 is 0 Å². The highest BCUT2D eigenvalue weighted by Crippen LogP contribution is 2.62. The highest BCUT2D eigenvalue weighted by atomic mass is 15.2. The van der Waals surface area contributed by atoms with Crippen LogP contribution in [-0.4, -0.2) is 12.4 Å². The Labute approximate surface area is 316 Å². The van der Waals surface area contributed by atoms with E-state index in [1.165, 1.54) is 44.9 Å². The van der Waals surface area contributed by atoms with E-state index in [9.17, 15) is 0 Å². The van der Waals surface area contributed by atoms with Crippen LogP contribution in [0.25, 0.3) is 16.7 Å². The molecule has 3 N–H and O–H groups in total. The number of dihydropyridines is 1. The molecule has 7 aromatic carbocycles. The third kappa shape index (κ3) is 4.95. The van der Waals surface area contributed by atoms with Crippen molar-refractivity contribution in [2.45, 2.75) is 11.5 Å². The van der Waals surface area contributed by atoms with E-state index >= 15 is 0 Å². The van der Waals surface area contributed by atoms with Crippen molar-refractivity contribution in [2.75, 3.05) is 11.4 Å². The number of hydrogen-bond donors (Lipinski definition) is 2. The van der Waals surface area contributed by atoms with Crippen LogP contribution in [0.4, 0.5) is 17.1 Å². The summed E-state index contributed by atoms with van der Waals surface area (Å²) in [5, 5.41) is 3.90. The van der Waals surface area contributed by atoms with Gasteiger partial charge in [0.25, 0.3) is 0 Å². The topological polar surface area (TPSA) is 53.6 Å². The van der Waals surface area contributed by atoms with Gasteiger partial charge in [0, 0.05) is 29.1 Å². The first-order chi connectivity index (χ1) is 26.7. The number of amidine groups is 1. The van der Waals surface area contributed by atoms with Crippen LogP contribution in [0.5, 0.6) is 0 Å². The second-order valence-electron chi connectivity index (χ2n) is 14.1. The van der Waals surface area contributed by atoms with Crippen molar-refractivity contribution in [1.29, 1.82) is 0 Å². The number of para-hydroxylation sites is 3. The van der Waals surface area contributed by atoms with Crippen LogP contribution in [-0.2, 0) is 5.41 Å². The molecule has 4 nitrogen and oxygen atoms in total. The van der Waals surface area contributed by atoms with E-state index in [1.807, 2.05) is 12.1 Å². The first-order valence-electron chi connectivity index (χ1n) is 18.6. The van der Waals surface area contributed by atoms with Crippen molar-refractivity contribution in [3.63, 3.8) is 0 Å². The Balaban J connectivity index is 1.13. The quantitative estimate of drug-likeness (QED) is 0.135. The first kappa shape index (κ1) is 31.8. The zero-order chi connectivity index (χ0) is 36.1. The molecule has 3 aliphatic rings. The number of aliphatic imine (C=N–C) groups is 1. The largest absolute Gasteiger partial charge is 0.383 e. The van der Waals surface area contributed by atoms with Gasteiger partial charge in [-0.2, -0.15) is 0 Å². The van der Waals surface area contributed by atoms with Crippen LogP contribution >= 0.6 is 0 Å². The van der Waals surface area contributed by atoms with Gasteiger partial charge in [0.1, 0.15) is 11.9 Å². The number of hydrogen-bond acceptors (Lipinski definition) is 3. The van der Waals surface area contributed by atoms with E-state index in [2.05, 4.69) is 192 Å². The fourth-order valence-corrected chi connectivity index (χ4v) is 8.82. The van der Waals surface area contributed by atoms with Crippen LogP contribution in [0, 0.1) is 0 Å². The molecular formula is C50H38N4. The monoisotopic (exact) mass is 694 g/mol. The Morgan fingerprint density at radius 1 is 0.593 bits per heavy atom. The molecule has 0 aromatic heterocycles. The van der Waals surface area contributed by atoms with E-state index in [0.29, 0.717) is 5.84 Å². The lowest BCUT2D eigenvalue weighted by Crippen LogP contribution is -2.41. The number of rotatable bonds is 6. The summed E-state index contributed by atoms with van der Waals surface area (Å²) in [5.74, 6) is 0.509. The summed E-state index contributed by atoms with van der Waals surface area (Å²) >= 11 is 0. The Morgan fingerprint density at radius 3 is 1.85 bits per heavy atom. The van der Waals surface area contributed by atoms with E-state index in [0.717, 1.165) is 40.0 Å². The van der Waals surface area contributed by atoms with Crippen molar-refractivity contribution in [3.8, 4) is 11.1 Å². The molecule has 0 amide bonds. The van der Waals surface area contributed by atoms with Gasteiger partial charge in [0.05, 0.1) is 16.8 Å². The molecule has 258 valence electrons. The average molecular weight is 695 g/mol. The number of fused-ring (bicyclic) bond motifs is 8. The van der Waals surface area contributed by atoms with Crippen molar-refractivity contribution in [2.24, 2.45) is 10.7 Å². The normalized spacial score (nSPS) is 15.1. The molecule has 2 aliphatic heterocycles. The van der Waals surface area contributed by atoms with Gasteiger partial charge < -0.3 is 16.0 Å². The molecule has 0 saturated heterocycles. The molecule has 0 unspecified atom stereocenters. The zero-order valence-corrected chi connectivity index (χ0v) is 29.7. The van der Waals surface area contributed by atoms with E-state index in [-0.39, 0.29) is 6.04 Å². The molecule has 54 heavy (non-hydrogen) atoms. The summed E-state index contributed by atoms with van der Waals surface area (Å²) in [7, 11) is 0. The Kier molecular flexibility index (Phi) is 7.62. The fraction of sp³-hybridized carbons (Fsp3) is 0.0600. The molecule has 2 heterocycles. The van der Waals surface area contributed by atoms with Gasteiger partial charge in [-0.1, -0.05) is 158 Å². The Hall–Kier alpha value is -6.91. The SMILES string of the molecule is NC(=NC(c1ccccc1)c1ccccc1)c1cccc(-c2ccc3c(c2)C2(C4=C3C=CCN4)c3ccccc3N(c3ccccc3)c3ccccc32)c1. The molecule has 7 aromatic rings. The molecule has 0 fully saturated rings. The third-order valence-electron chi connectivity index (χ3n) is 11.1. The number of benzene rings is 7. The second kappa shape index (κ2) is 12.9. The molecule has 0 atom stereocenters. The summed E-state index contributed by atoms with van der Waals surface area (Å²) in [5.41, 5.74) is 22.7. The summed E-state index contributed by atoms with van der Waals surface area (Å²) < 4.78 is 0. The highest BCUT2D eigenvalue weighted by Gasteiger charge is 2.53. The van der Waals surface area contributed by atoms with Gasteiger partial charge >= 0.3 is 0 Å². The van der Waals surface area contributed by atoms with Crippen LogP contribution in [0.15, 0.2) is 205 Å². The maximum atomic E-state index is 6.89. The lowest BCUT2D eigenvalue weighted by atomic mass is 9.65. The van der Waals surface area contributed by atoms with Crippen molar-refractivity contribution in [3.05, 3.63) is 239 Å². The summed E-state index contributed by atoms with van der Waals surface area (Å²) in [6.07, 6.45) is 4.54. The van der Waals surface area contributed by atoms with Gasteiger partial charge in [-0.25, -0.2) is 0 Å². The predicted molar refractivity (Wildman–Crippen MR) is 222 cm³/mol. The minimum absolute atomic E-state index is 0.212. The van der Waals surface area contributed by atoms with Crippen LogP contribution in [0.3, 0.4) is 0 Å². The van der Waals surface area contributed by atoms with E-state index in [4.69, 9.17) is 10.7 Å². The molecule has 0 saturated carbocycles. The van der Waals surface area contributed by atoms with Gasteiger partial charge in [0.2, 0.25) is 0 Å². The Bertz CT molecular complexity index is 2530. The summed E-state index contributed by atoms with van der Waals surface area (Å²) in [6, 6.07) is 64.6. The standard InChI is InChI=1S/C50H38N4/c51-49(53-47(34-16-4-1-5-17-34)35-18-6-2-7-19-35)38-21-14-20-36(32-38)37-29-30-40-41-24-15-31-52-48(41)50(44(40)33-37)42-25-10-12-27-45(42)54(39-22-8-3-9-23-39)46-28-13-11-26-43(46)50/h1-30,32-33,47,52H,31H2,(H2,51,53). The minimum Gasteiger partial charge on any atom is -0.383 e. The molecule has 4 heteroatoms.